The maximum atomic E-state index is 9.94. The van der Waals surface area contributed by atoms with Crippen molar-refractivity contribution < 1.29 is 4.79 Å². The minimum Gasteiger partial charge on any atom is -0.296 e. The van der Waals surface area contributed by atoms with Crippen LogP contribution in [0.1, 0.15) is 10.5 Å². The summed E-state index contributed by atoms with van der Waals surface area (Å²) in [5.41, 5.74) is 0.367. The van der Waals surface area contributed by atoms with Crippen LogP contribution < -0.4 is 0 Å². The molecule has 0 spiro atoms. The first-order chi connectivity index (χ1) is 3.84. The lowest BCUT2D eigenvalue weighted by Crippen LogP contribution is -1.83. The minimum absolute atomic E-state index is 0.367. The predicted octanol–water partition coefficient (Wildman–Crippen LogP) is 0.698. The van der Waals surface area contributed by atoms with E-state index in [9.17, 15) is 4.79 Å². The first-order valence-electron chi connectivity index (χ1n) is 1.98. The van der Waals surface area contributed by atoms with Crippen molar-refractivity contribution in [2.45, 2.75) is 0 Å². The molecule has 42 valence electrons. The van der Waals surface area contributed by atoms with Gasteiger partial charge in [-0.05, 0) is 0 Å². The highest BCUT2D eigenvalue weighted by atomic mass is 35.5. The van der Waals surface area contributed by atoms with E-state index >= 15 is 0 Å². The normalized spacial score (nSPS) is 9.12. The first kappa shape index (κ1) is 5.31. The van der Waals surface area contributed by atoms with E-state index in [4.69, 9.17) is 11.8 Å². The van der Waals surface area contributed by atoms with Crippen LogP contribution in [0, 0.1) is 0 Å². The topological polar surface area (TPSA) is 34.9 Å². The maximum Gasteiger partial charge on any atom is 0.169 e. The van der Waals surface area contributed by atoms with Gasteiger partial charge in [-0.25, -0.2) is 9.07 Å². The number of aldehydes is 1. The van der Waals surface area contributed by atoms with E-state index < -0.39 is 0 Å². The summed E-state index contributed by atoms with van der Waals surface area (Å²) in [7, 11) is 0. The average molecular weight is 131 g/mol. The highest BCUT2D eigenvalue weighted by molar-refractivity contribution is 6.16. The fourth-order valence-electron chi connectivity index (χ4n) is 0.371. The Balaban J connectivity index is 3.09. The lowest BCUT2D eigenvalue weighted by atomic mass is 10.6. The van der Waals surface area contributed by atoms with Crippen LogP contribution in [0.4, 0.5) is 0 Å². The molecule has 0 aliphatic rings. The van der Waals surface area contributed by atoms with Gasteiger partial charge in [0, 0.05) is 11.8 Å². The third kappa shape index (κ3) is 0.721. The molecule has 0 aliphatic carbocycles. The van der Waals surface area contributed by atoms with Gasteiger partial charge in [-0.1, -0.05) is 0 Å². The summed E-state index contributed by atoms with van der Waals surface area (Å²) in [5.74, 6) is 0. The summed E-state index contributed by atoms with van der Waals surface area (Å²) in [6.07, 6.45) is 3.38. The Morgan fingerprint density at radius 2 is 2.62 bits per heavy atom. The average Bonchev–Trinajstić information content (AvgIpc) is 2.14. The molecule has 1 aromatic heterocycles. The van der Waals surface area contributed by atoms with Crippen LogP contribution >= 0.6 is 11.8 Å². The highest BCUT2D eigenvalue weighted by Gasteiger charge is 1.93. The van der Waals surface area contributed by atoms with E-state index in [1.54, 1.807) is 0 Å². The second kappa shape index (κ2) is 1.96. The standard InChI is InChI=1S/C4H3ClN2O/c5-7-3-6-1-4(7)2-8/h1-3H. The van der Waals surface area contributed by atoms with Gasteiger partial charge in [-0.3, -0.25) is 4.79 Å². The molecular formula is C4H3ClN2O. The number of halogens is 1. The third-order valence-corrected chi connectivity index (χ3v) is 1.02. The Kier molecular flexibility index (Phi) is 1.30. The molecule has 0 unspecified atom stereocenters. The van der Waals surface area contributed by atoms with E-state index in [1.807, 2.05) is 0 Å². The maximum absolute atomic E-state index is 9.94. The summed E-state index contributed by atoms with van der Waals surface area (Å²) < 4.78 is 1.13. The van der Waals surface area contributed by atoms with E-state index in [0.717, 1.165) is 4.09 Å². The lowest BCUT2D eigenvalue weighted by molar-refractivity contribution is 0.111. The summed E-state index contributed by atoms with van der Waals surface area (Å²) >= 11 is 5.36. The molecule has 0 saturated heterocycles. The molecule has 4 heteroatoms. The number of carbonyl (C=O) groups is 1. The lowest BCUT2D eigenvalue weighted by Gasteiger charge is -1.82. The monoisotopic (exact) mass is 130 g/mol. The van der Waals surface area contributed by atoms with Crippen molar-refractivity contribution in [2.75, 3.05) is 0 Å². The quantitative estimate of drug-likeness (QED) is 0.525. The van der Waals surface area contributed by atoms with Gasteiger partial charge < -0.3 is 0 Å². The van der Waals surface area contributed by atoms with Crippen molar-refractivity contribution in [3.05, 3.63) is 18.2 Å². The smallest absolute Gasteiger partial charge is 0.169 e. The van der Waals surface area contributed by atoms with Crippen LogP contribution in [-0.2, 0) is 0 Å². The van der Waals surface area contributed by atoms with Crippen molar-refractivity contribution in [2.24, 2.45) is 0 Å². The molecule has 1 heterocycles. The van der Waals surface area contributed by atoms with Gasteiger partial charge in [0.05, 0.1) is 6.20 Å². The molecule has 0 atom stereocenters. The Hall–Kier alpha value is -0.830. The van der Waals surface area contributed by atoms with Crippen LogP contribution in [0.25, 0.3) is 0 Å². The first-order valence-corrected chi connectivity index (χ1v) is 2.32. The van der Waals surface area contributed by atoms with Gasteiger partial charge in [0.15, 0.2) is 6.29 Å². The highest BCUT2D eigenvalue weighted by Crippen LogP contribution is 1.95. The summed E-state index contributed by atoms with van der Waals surface area (Å²) in [6, 6.07) is 0. The van der Waals surface area contributed by atoms with Crippen molar-refractivity contribution >= 4 is 18.1 Å². The SMILES string of the molecule is O=Cc1cncn1Cl. The molecule has 1 aromatic rings. The molecule has 8 heavy (non-hydrogen) atoms. The molecule has 1 rings (SSSR count). The van der Waals surface area contributed by atoms with Crippen LogP contribution in [0.2, 0.25) is 0 Å². The molecule has 0 fully saturated rings. The van der Waals surface area contributed by atoms with Gasteiger partial charge in [0.25, 0.3) is 0 Å². The molecule has 0 N–H and O–H groups in total. The molecule has 0 radical (unpaired) electrons. The fraction of sp³-hybridized carbons (Fsp3) is 0. The summed E-state index contributed by atoms with van der Waals surface area (Å²) in [6.45, 7) is 0. The van der Waals surface area contributed by atoms with E-state index in [-0.39, 0.29) is 0 Å². The van der Waals surface area contributed by atoms with Gasteiger partial charge >= 0.3 is 0 Å². The van der Waals surface area contributed by atoms with Crippen LogP contribution in [-0.4, -0.2) is 15.4 Å². The number of hydrogen-bond donors (Lipinski definition) is 0. The zero-order valence-corrected chi connectivity index (χ0v) is 4.67. The Bertz CT molecular complexity index is 196. The van der Waals surface area contributed by atoms with Gasteiger partial charge in [0.2, 0.25) is 0 Å². The Labute approximate surface area is 51.0 Å². The molecule has 3 nitrogen and oxygen atoms in total. The second-order valence-electron chi connectivity index (χ2n) is 1.25. The van der Waals surface area contributed by atoms with Crippen LogP contribution in [0.5, 0.6) is 0 Å². The summed E-state index contributed by atoms with van der Waals surface area (Å²) in [5, 5.41) is 0. The van der Waals surface area contributed by atoms with Crippen molar-refractivity contribution in [1.82, 2.24) is 9.07 Å². The van der Waals surface area contributed by atoms with Crippen LogP contribution in [0.15, 0.2) is 12.5 Å². The molecular weight excluding hydrogens is 128 g/mol. The Morgan fingerprint density at radius 1 is 1.88 bits per heavy atom. The van der Waals surface area contributed by atoms with E-state index in [0.29, 0.717) is 12.0 Å². The Morgan fingerprint density at radius 3 is 2.88 bits per heavy atom. The number of aromatic nitrogens is 2. The van der Waals surface area contributed by atoms with E-state index in [2.05, 4.69) is 4.98 Å². The third-order valence-electron chi connectivity index (χ3n) is 0.742. The van der Waals surface area contributed by atoms with Gasteiger partial charge in [0.1, 0.15) is 12.0 Å². The molecule has 0 amide bonds. The zero-order valence-electron chi connectivity index (χ0n) is 3.91. The number of rotatable bonds is 1. The number of carbonyl (C=O) groups excluding carboxylic acids is 1. The molecule has 0 aliphatic heterocycles. The molecule has 0 saturated carbocycles. The molecule has 0 aromatic carbocycles. The fourth-order valence-corrected chi connectivity index (χ4v) is 0.505. The van der Waals surface area contributed by atoms with Crippen molar-refractivity contribution in [3.63, 3.8) is 0 Å². The van der Waals surface area contributed by atoms with Crippen LogP contribution in [0.3, 0.4) is 0 Å². The van der Waals surface area contributed by atoms with Crippen molar-refractivity contribution in [1.29, 1.82) is 0 Å². The predicted molar refractivity (Wildman–Crippen MR) is 28.9 cm³/mol. The second-order valence-corrected chi connectivity index (χ2v) is 1.61. The number of imidazole rings is 1. The largest absolute Gasteiger partial charge is 0.296 e. The van der Waals surface area contributed by atoms with E-state index in [1.165, 1.54) is 12.5 Å². The van der Waals surface area contributed by atoms with Gasteiger partial charge in [-0.15, -0.1) is 0 Å². The molecule has 0 bridgehead atoms. The number of hydrogen-bond acceptors (Lipinski definition) is 2. The number of nitrogens with zero attached hydrogens (tertiary/aromatic N) is 2. The van der Waals surface area contributed by atoms with Crippen molar-refractivity contribution in [3.8, 4) is 0 Å². The summed E-state index contributed by atoms with van der Waals surface area (Å²) in [4.78, 5) is 13.5. The minimum atomic E-state index is 0.367. The van der Waals surface area contributed by atoms with Gasteiger partial charge in [-0.2, -0.15) is 0 Å². The zero-order chi connectivity index (χ0) is 5.98.